The van der Waals surface area contributed by atoms with Gasteiger partial charge in [-0.1, -0.05) is 12.1 Å². The highest BCUT2D eigenvalue weighted by Crippen LogP contribution is 2.24. The number of nitrogens with zero attached hydrogens (tertiary/aromatic N) is 3. The van der Waals surface area contributed by atoms with Crippen LogP contribution in [0.2, 0.25) is 0 Å². The number of hydrogen-bond donors (Lipinski definition) is 0. The average Bonchev–Trinajstić information content (AvgIpc) is 3.06. The quantitative estimate of drug-likeness (QED) is 0.256. The molecule has 1 aliphatic rings. The van der Waals surface area contributed by atoms with Crippen molar-refractivity contribution in [3.05, 3.63) is 57.9 Å². The number of benzene rings is 1. The molecular weight excluding hydrogens is 358 g/mol. The second kappa shape index (κ2) is 6.90. The number of hydrogen-bond acceptors (Lipinski definition) is 8. The van der Waals surface area contributed by atoms with Crippen molar-refractivity contribution in [3.63, 3.8) is 0 Å². The van der Waals surface area contributed by atoms with Crippen LogP contribution < -0.4 is 4.74 Å². The van der Waals surface area contributed by atoms with E-state index in [1.165, 1.54) is 30.8 Å². The summed E-state index contributed by atoms with van der Waals surface area (Å²) in [4.78, 5) is 33.9. The van der Waals surface area contributed by atoms with E-state index >= 15 is 0 Å². The predicted molar refractivity (Wildman–Crippen MR) is 90.2 cm³/mol. The van der Waals surface area contributed by atoms with Crippen molar-refractivity contribution in [2.24, 2.45) is 0 Å². The summed E-state index contributed by atoms with van der Waals surface area (Å²) in [6.45, 7) is 2.93. The van der Waals surface area contributed by atoms with E-state index < -0.39 is 22.6 Å². The Bertz CT molecular complexity index is 906. The standard InChI is InChI=1S/C17H15N3O7/c1-17(2)26-15(21)14(16(22)27-17)7-11-3-5-13(6-4-11)25-10-19-9-12(8-18-19)20(23)24/h3-9H,10H2,1-2H3. The zero-order chi connectivity index (χ0) is 19.6. The predicted octanol–water partition coefficient (Wildman–Crippen LogP) is 2.05. The number of carbonyl (C=O) groups excluding carboxylic acids is 2. The molecule has 0 atom stereocenters. The Morgan fingerprint density at radius 1 is 1.22 bits per heavy atom. The van der Waals surface area contributed by atoms with Gasteiger partial charge in [-0.05, 0) is 23.8 Å². The van der Waals surface area contributed by atoms with Gasteiger partial charge in [0.05, 0.1) is 4.92 Å². The van der Waals surface area contributed by atoms with E-state index in [-0.39, 0.29) is 18.0 Å². The lowest BCUT2D eigenvalue weighted by molar-refractivity contribution is -0.385. The van der Waals surface area contributed by atoms with Gasteiger partial charge in [0.25, 0.3) is 5.79 Å². The molecule has 0 unspecified atom stereocenters. The minimum atomic E-state index is -1.29. The maximum absolute atomic E-state index is 11.9. The molecule has 1 aromatic heterocycles. The molecule has 10 heteroatoms. The van der Waals surface area contributed by atoms with Gasteiger partial charge in [-0.15, -0.1) is 0 Å². The molecule has 0 N–H and O–H groups in total. The number of cyclic esters (lactones) is 2. The van der Waals surface area contributed by atoms with Crippen molar-refractivity contribution in [3.8, 4) is 5.75 Å². The molecule has 0 radical (unpaired) electrons. The summed E-state index contributed by atoms with van der Waals surface area (Å²) >= 11 is 0. The van der Waals surface area contributed by atoms with Gasteiger partial charge in [-0.25, -0.2) is 14.3 Å². The Morgan fingerprint density at radius 3 is 2.41 bits per heavy atom. The molecule has 0 aliphatic carbocycles. The molecule has 1 aliphatic heterocycles. The minimum Gasteiger partial charge on any atom is -0.471 e. The van der Waals surface area contributed by atoms with Crippen molar-refractivity contribution in [2.45, 2.75) is 26.4 Å². The summed E-state index contributed by atoms with van der Waals surface area (Å²) in [7, 11) is 0. The lowest BCUT2D eigenvalue weighted by atomic mass is 10.1. The van der Waals surface area contributed by atoms with Gasteiger partial charge in [0.15, 0.2) is 6.73 Å². The van der Waals surface area contributed by atoms with E-state index in [0.717, 1.165) is 6.20 Å². The van der Waals surface area contributed by atoms with Crippen molar-refractivity contribution >= 4 is 23.7 Å². The van der Waals surface area contributed by atoms with Crippen LogP contribution in [0.15, 0.2) is 42.2 Å². The van der Waals surface area contributed by atoms with Crippen LogP contribution in [0.5, 0.6) is 5.75 Å². The molecule has 2 heterocycles. The first-order valence-corrected chi connectivity index (χ1v) is 7.81. The molecule has 0 bridgehead atoms. The average molecular weight is 373 g/mol. The van der Waals surface area contributed by atoms with Crippen LogP contribution in [0.3, 0.4) is 0 Å². The van der Waals surface area contributed by atoms with Crippen LogP contribution in [0.4, 0.5) is 5.69 Å². The molecule has 1 saturated heterocycles. The second-order valence-corrected chi connectivity index (χ2v) is 6.07. The fourth-order valence-electron chi connectivity index (χ4n) is 2.26. The zero-order valence-electron chi connectivity index (χ0n) is 14.4. The van der Waals surface area contributed by atoms with Gasteiger partial charge < -0.3 is 14.2 Å². The molecule has 2 aromatic rings. The maximum Gasteiger partial charge on any atom is 0.348 e. The summed E-state index contributed by atoms with van der Waals surface area (Å²) in [6.07, 6.45) is 3.74. The molecular formula is C17H15N3O7. The smallest absolute Gasteiger partial charge is 0.348 e. The van der Waals surface area contributed by atoms with Crippen molar-refractivity contribution in [2.75, 3.05) is 0 Å². The summed E-state index contributed by atoms with van der Waals surface area (Å²) in [5.41, 5.74) is 0.238. The molecule has 10 nitrogen and oxygen atoms in total. The molecule has 0 saturated carbocycles. The van der Waals surface area contributed by atoms with Crippen molar-refractivity contribution in [1.29, 1.82) is 0 Å². The summed E-state index contributed by atoms with van der Waals surface area (Å²) in [5.74, 6) is -2.32. The van der Waals surface area contributed by atoms with E-state index in [1.54, 1.807) is 24.3 Å². The third-order valence-corrected chi connectivity index (χ3v) is 3.50. The topological polar surface area (TPSA) is 123 Å². The summed E-state index contributed by atoms with van der Waals surface area (Å²) in [5, 5.41) is 14.4. The van der Waals surface area contributed by atoms with Gasteiger partial charge in [0.2, 0.25) is 0 Å². The van der Waals surface area contributed by atoms with Crippen molar-refractivity contribution in [1.82, 2.24) is 9.78 Å². The summed E-state index contributed by atoms with van der Waals surface area (Å²) in [6, 6.07) is 6.50. The number of nitro groups is 1. The molecule has 1 fully saturated rings. The summed E-state index contributed by atoms with van der Waals surface area (Å²) < 4.78 is 16.8. The monoisotopic (exact) mass is 373 g/mol. The molecule has 140 valence electrons. The molecule has 0 amide bonds. The largest absolute Gasteiger partial charge is 0.471 e. The SMILES string of the molecule is CC1(C)OC(=O)C(=Cc2ccc(OCn3cc([N+](=O)[O-])cn3)cc2)C(=O)O1. The van der Waals surface area contributed by atoms with Crippen LogP contribution in [0, 0.1) is 10.1 Å². The van der Waals surface area contributed by atoms with Gasteiger partial charge in [-0.3, -0.25) is 10.1 Å². The first-order valence-electron chi connectivity index (χ1n) is 7.81. The Morgan fingerprint density at radius 2 is 1.85 bits per heavy atom. The molecule has 3 rings (SSSR count). The maximum atomic E-state index is 11.9. The second-order valence-electron chi connectivity index (χ2n) is 6.07. The third-order valence-electron chi connectivity index (χ3n) is 3.50. The first kappa shape index (κ1) is 18.1. The van der Waals surface area contributed by atoms with Gasteiger partial charge in [0.1, 0.15) is 23.7 Å². The third kappa shape index (κ3) is 4.29. The molecule has 0 spiro atoms. The number of rotatable bonds is 5. The highest BCUT2D eigenvalue weighted by molar-refractivity contribution is 6.18. The fourth-order valence-corrected chi connectivity index (χ4v) is 2.26. The van der Waals surface area contributed by atoms with E-state index in [2.05, 4.69) is 5.10 Å². The van der Waals surface area contributed by atoms with E-state index in [9.17, 15) is 19.7 Å². The number of carbonyl (C=O) groups is 2. The minimum absolute atomic E-state index is 0.0119. The van der Waals surface area contributed by atoms with Gasteiger partial charge in [0, 0.05) is 13.8 Å². The van der Waals surface area contributed by atoms with Crippen LogP contribution >= 0.6 is 0 Å². The normalized spacial score (nSPS) is 15.7. The Labute approximate surface area is 153 Å². The van der Waals surface area contributed by atoms with Crippen LogP contribution in [-0.2, 0) is 25.8 Å². The van der Waals surface area contributed by atoms with Crippen LogP contribution in [0.25, 0.3) is 6.08 Å². The van der Waals surface area contributed by atoms with Gasteiger partial charge in [-0.2, -0.15) is 5.10 Å². The van der Waals surface area contributed by atoms with Gasteiger partial charge >= 0.3 is 17.6 Å². The highest BCUT2D eigenvalue weighted by Gasteiger charge is 2.38. The number of esters is 2. The highest BCUT2D eigenvalue weighted by atomic mass is 16.7. The van der Waals surface area contributed by atoms with E-state index in [1.807, 2.05) is 0 Å². The van der Waals surface area contributed by atoms with Crippen molar-refractivity contribution < 1.29 is 28.7 Å². The Balaban J connectivity index is 1.65. The number of ether oxygens (including phenoxy) is 3. The van der Waals surface area contributed by atoms with E-state index in [0.29, 0.717) is 11.3 Å². The molecule has 1 aromatic carbocycles. The lowest BCUT2D eigenvalue weighted by Gasteiger charge is -2.29. The van der Waals surface area contributed by atoms with E-state index in [4.69, 9.17) is 14.2 Å². The molecule has 27 heavy (non-hydrogen) atoms. The number of aromatic nitrogens is 2. The Kier molecular flexibility index (Phi) is 4.63. The Hall–Kier alpha value is -3.69. The first-order chi connectivity index (χ1) is 12.7. The van der Waals surface area contributed by atoms with Crippen LogP contribution in [-0.4, -0.2) is 32.4 Å². The lowest BCUT2D eigenvalue weighted by Crippen LogP contribution is -2.41. The zero-order valence-corrected chi connectivity index (χ0v) is 14.4. The van der Waals surface area contributed by atoms with Crippen LogP contribution in [0.1, 0.15) is 19.4 Å². The fraction of sp³-hybridized carbons (Fsp3) is 0.235.